The Morgan fingerprint density at radius 3 is 2.75 bits per heavy atom. The van der Waals surface area contributed by atoms with Gasteiger partial charge < -0.3 is 14.5 Å². The van der Waals surface area contributed by atoms with Gasteiger partial charge in [0.25, 0.3) is 5.91 Å². The number of rotatable bonds is 1. The van der Waals surface area contributed by atoms with Crippen LogP contribution >= 0.6 is 15.9 Å². The highest BCUT2D eigenvalue weighted by Gasteiger charge is 2.61. The summed E-state index contributed by atoms with van der Waals surface area (Å²) in [6.07, 6.45) is 7.07. The molecule has 0 aromatic heterocycles. The molecular weight excluding hydrogens is 420 g/mol. The Morgan fingerprint density at radius 2 is 2.04 bits per heavy atom. The van der Waals surface area contributed by atoms with Gasteiger partial charge in [-0.25, -0.2) is 4.79 Å². The van der Waals surface area contributed by atoms with E-state index in [-0.39, 0.29) is 29.5 Å². The first kappa shape index (κ1) is 19.2. The Labute approximate surface area is 174 Å². The molecule has 4 rings (SSSR count). The van der Waals surface area contributed by atoms with Crippen LogP contribution in [0.15, 0.2) is 47.5 Å². The molecule has 28 heavy (non-hydrogen) atoms. The minimum atomic E-state index is -0.535. The van der Waals surface area contributed by atoms with Crippen LogP contribution in [0.1, 0.15) is 39.2 Å². The number of para-hydroxylation sites is 1. The van der Waals surface area contributed by atoms with Gasteiger partial charge in [-0.15, -0.1) is 0 Å². The van der Waals surface area contributed by atoms with Crippen molar-refractivity contribution >= 4 is 33.6 Å². The third kappa shape index (κ3) is 2.81. The Kier molecular flexibility index (Phi) is 4.65. The third-order valence-electron chi connectivity index (χ3n) is 5.96. The van der Waals surface area contributed by atoms with E-state index in [1.54, 1.807) is 4.99 Å². The van der Waals surface area contributed by atoms with Crippen LogP contribution in [0, 0.1) is 0 Å². The van der Waals surface area contributed by atoms with Crippen molar-refractivity contribution in [1.29, 1.82) is 0 Å². The minimum absolute atomic E-state index is 0.0238. The lowest BCUT2D eigenvalue weighted by Crippen LogP contribution is -2.55. The van der Waals surface area contributed by atoms with E-state index in [1.165, 1.54) is 6.08 Å². The molecule has 0 bridgehead atoms. The average Bonchev–Trinajstić information content (AvgIpc) is 3.15. The number of fused-ring (bicyclic) bond motifs is 1. The van der Waals surface area contributed by atoms with Crippen LogP contribution in [0.3, 0.4) is 0 Å². The lowest BCUT2D eigenvalue weighted by Gasteiger charge is -2.42. The van der Waals surface area contributed by atoms with Crippen molar-refractivity contribution in [2.45, 2.75) is 56.7 Å². The number of halogens is 1. The SMILES string of the molecule is CC(C)(C)OC(=O)N1CC[C@]23c4ccccc4N(C(=O)/C=C\Br)[C@H]2C=CC[C@H]13. The average molecular weight is 445 g/mol. The van der Waals surface area contributed by atoms with Gasteiger partial charge in [0, 0.05) is 23.7 Å². The number of carbonyl (C=O) groups excluding carboxylic acids is 2. The second-order valence-corrected chi connectivity index (χ2v) is 9.14. The van der Waals surface area contributed by atoms with Gasteiger partial charge in [-0.3, -0.25) is 4.79 Å². The second kappa shape index (κ2) is 6.76. The zero-order valence-electron chi connectivity index (χ0n) is 16.4. The molecular formula is C22H25BrN2O3. The van der Waals surface area contributed by atoms with Crippen LogP contribution < -0.4 is 4.90 Å². The van der Waals surface area contributed by atoms with E-state index in [0.29, 0.717) is 6.54 Å². The summed E-state index contributed by atoms with van der Waals surface area (Å²) >= 11 is 3.22. The van der Waals surface area contributed by atoms with E-state index in [2.05, 4.69) is 34.1 Å². The summed E-state index contributed by atoms with van der Waals surface area (Å²) in [5.41, 5.74) is 1.26. The maximum Gasteiger partial charge on any atom is 0.410 e. The summed E-state index contributed by atoms with van der Waals surface area (Å²) < 4.78 is 5.68. The Hall–Kier alpha value is -2.08. The lowest BCUT2D eigenvalue weighted by atomic mass is 9.67. The van der Waals surface area contributed by atoms with E-state index in [0.717, 1.165) is 24.1 Å². The summed E-state index contributed by atoms with van der Waals surface area (Å²) in [4.78, 5) is 31.2. The van der Waals surface area contributed by atoms with Crippen molar-refractivity contribution in [2.75, 3.05) is 11.4 Å². The molecule has 3 aliphatic rings. The van der Waals surface area contributed by atoms with E-state index in [9.17, 15) is 9.59 Å². The first-order valence-corrected chi connectivity index (χ1v) is 10.6. The first-order chi connectivity index (χ1) is 13.3. The van der Waals surface area contributed by atoms with Crippen molar-refractivity contribution in [3.05, 3.63) is 53.0 Å². The molecule has 1 spiro atoms. The maximum atomic E-state index is 12.9. The molecule has 1 aliphatic carbocycles. The van der Waals surface area contributed by atoms with Gasteiger partial charge in [0.2, 0.25) is 0 Å². The molecule has 2 aliphatic heterocycles. The van der Waals surface area contributed by atoms with Crippen LogP contribution in [0.4, 0.5) is 10.5 Å². The zero-order valence-corrected chi connectivity index (χ0v) is 18.0. The fourth-order valence-corrected chi connectivity index (χ4v) is 5.27. The van der Waals surface area contributed by atoms with Gasteiger partial charge in [0.05, 0.1) is 12.1 Å². The molecule has 0 unspecified atom stereocenters. The number of ether oxygens (including phenoxy) is 1. The summed E-state index contributed by atoms with van der Waals surface area (Å²) in [5.74, 6) is -0.0628. The third-order valence-corrected chi connectivity index (χ3v) is 6.22. The fourth-order valence-electron chi connectivity index (χ4n) is 5.04. The van der Waals surface area contributed by atoms with Gasteiger partial charge in [-0.2, -0.15) is 0 Å². The molecule has 1 fully saturated rings. The summed E-state index contributed by atoms with van der Waals surface area (Å²) in [7, 11) is 0. The molecule has 0 radical (unpaired) electrons. The highest BCUT2D eigenvalue weighted by Crippen LogP contribution is 2.56. The highest BCUT2D eigenvalue weighted by molar-refractivity contribution is 9.11. The standard InChI is InChI=1S/C22H25BrN2O3/c1-21(2,3)28-20(27)24-14-12-22-15-7-4-5-8-16(15)25(19(26)11-13-23)18(22)10-6-9-17(22)24/h4-8,10-11,13,17-18H,9,12,14H2,1-3H3/b13-11-/t17-,18-,22+/m0/s1. The van der Waals surface area contributed by atoms with Gasteiger partial charge in [-0.1, -0.05) is 46.3 Å². The van der Waals surface area contributed by atoms with Gasteiger partial charge >= 0.3 is 6.09 Å². The Bertz CT molecular complexity index is 873. The zero-order chi connectivity index (χ0) is 20.1. The summed E-state index contributed by atoms with van der Waals surface area (Å²) in [6, 6.07) is 7.97. The van der Waals surface area contributed by atoms with Crippen molar-refractivity contribution in [3.8, 4) is 0 Å². The smallest absolute Gasteiger partial charge is 0.410 e. The van der Waals surface area contributed by atoms with Gasteiger partial charge in [-0.05, 0) is 50.2 Å². The van der Waals surface area contributed by atoms with E-state index >= 15 is 0 Å². The Morgan fingerprint density at radius 1 is 1.29 bits per heavy atom. The van der Waals surface area contributed by atoms with E-state index < -0.39 is 5.60 Å². The molecule has 0 saturated carbocycles. The number of benzene rings is 1. The summed E-state index contributed by atoms with van der Waals surface area (Å²) in [5, 5.41) is 0. The van der Waals surface area contributed by atoms with Crippen molar-refractivity contribution < 1.29 is 14.3 Å². The monoisotopic (exact) mass is 444 g/mol. The molecule has 1 saturated heterocycles. The second-order valence-electron chi connectivity index (χ2n) is 8.61. The predicted molar refractivity (Wildman–Crippen MR) is 113 cm³/mol. The topological polar surface area (TPSA) is 49.9 Å². The number of likely N-dealkylation sites (tertiary alicyclic amines) is 1. The van der Waals surface area contributed by atoms with Gasteiger partial charge in [0.1, 0.15) is 5.60 Å². The van der Waals surface area contributed by atoms with Crippen LogP contribution in [0.5, 0.6) is 0 Å². The predicted octanol–water partition coefficient (Wildman–Crippen LogP) is 4.52. The maximum absolute atomic E-state index is 12.9. The van der Waals surface area contributed by atoms with Crippen molar-refractivity contribution in [2.24, 2.45) is 0 Å². The normalized spacial score (nSPS) is 28.3. The number of nitrogens with zero attached hydrogens (tertiary/aromatic N) is 2. The fraction of sp³-hybridized carbons (Fsp3) is 0.455. The van der Waals surface area contributed by atoms with Crippen molar-refractivity contribution in [3.63, 3.8) is 0 Å². The van der Waals surface area contributed by atoms with Crippen LogP contribution in [-0.4, -0.2) is 41.1 Å². The number of amides is 2. The quantitative estimate of drug-likeness (QED) is 0.472. The Balaban J connectivity index is 1.78. The van der Waals surface area contributed by atoms with E-state index in [1.807, 2.05) is 48.8 Å². The van der Waals surface area contributed by atoms with Crippen LogP contribution in [0.2, 0.25) is 0 Å². The molecule has 6 heteroatoms. The molecule has 0 N–H and O–H groups in total. The first-order valence-electron chi connectivity index (χ1n) is 9.65. The molecule has 1 aromatic carbocycles. The van der Waals surface area contributed by atoms with Crippen LogP contribution in [0.25, 0.3) is 0 Å². The van der Waals surface area contributed by atoms with Gasteiger partial charge in [0.15, 0.2) is 0 Å². The highest BCUT2D eigenvalue weighted by atomic mass is 79.9. The number of anilines is 1. The van der Waals surface area contributed by atoms with Crippen LogP contribution in [-0.2, 0) is 14.9 Å². The molecule has 1 aromatic rings. The largest absolute Gasteiger partial charge is 0.444 e. The van der Waals surface area contributed by atoms with Crippen molar-refractivity contribution in [1.82, 2.24) is 4.90 Å². The summed E-state index contributed by atoms with van der Waals surface area (Å²) in [6.45, 7) is 6.29. The number of hydrogen-bond donors (Lipinski definition) is 0. The van der Waals surface area contributed by atoms with E-state index in [4.69, 9.17) is 4.74 Å². The number of hydrogen-bond acceptors (Lipinski definition) is 3. The molecule has 148 valence electrons. The minimum Gasteiger partial charge on any atom is -0.444 e. The molecule has 2 amide bonds. The number of carbonyl (C=O) groups is 2. The molecule has 2 heterocycles. The molecule has 5 nitrogen and oxygen atoms in total. The lowest BCUT2D eigenvalue weighted by molar-refractivity contribution is -0.114. The molecule has 3 atom stereocenters.